The molecule has 2 unspecified atom stereocenters. The van der Waals surface area contributed by atoms with E-state index in [1.165, 1.54) is 19.2 Å². The van der Waals surface area contributed by atoms with E-state index in [1.807, 2.05) is 0 Å². The van der Waals surface area contributed by atoms with Gasteiger partial charge in [-0.3, -0.25) is 0 Å². The monoisotopic (exact) mass is 440 g/mol. The number of carbonyl (C=O) groups is 1. The van der Waals surface area contributed by atoms with E-state index in [0.717, 1.165) is 17.7 Å². The Morgan fingerprint density at radius 1 is 1.10 bits per heavy atom. The quantitative estimate of drug-likeness (QED) is 0.730. The molecule has 0 aliphatic carbocycles. The van der Waals surface area contributed by atoms with Gasteiger partial charge >= 0.3 is 18.2 Å². The average molecular weight is 440 g/mol. The van der Waals surface area contributed by atoms with Crippen LogP contribution in [0.25, 0.3) is 0 Å². The number of alkyl halides is 3. The summed E-state index contributed by atoms with van der Waals surface area (Å²) in [4.78, 5) is 20.8. The fourth-order valence-electron chi connectivity index (χ4n) is 4.04. The van der Waals surface area contributed by atoms with Crippen molar-refractivity contribution in [2.45, 2.75) is 24.4 Å². The number of benzene rings is 1. The zero-order valence-electron chi connectivity index (χ0n) is 17.0. The SMILES string of the molecule is COc1noc(C2CC(c3ccc(C(F)(F)F)cc3)CN(C(=O)N3CCOCC3)C2)n1. The Kier molecular flexibility index (Phi) is 6.03. The van der Waals surface area contributed by atoms with Crippen LogP contribution in [-0.4, -0.2) is 72.5 Å². The van der Waals surface area contributed by atoms with Crippen LogP contribution in [0.4, 0.5) is 18.0 Å². The molecule has 168 valence electrons. The van der Waals surface area contributed by atoms with Gasteiger partial charge in [0.25, 0.3) is 0 Å². The van der Waals surface area contributed by atoms with Gasteiger partial charge in [-0.15, -0.1) is 0 Å². The summed E-state index contributed by atoms with van der Waals surface area (Å²) in [6.07, 6.45) is -3.84. The van der Waals surface area contributed by atoms with Gasteiger partial charge in [-0.05, 0) is 29.3 Å². The van der Waals surface area contributed by atoms with Crippen LogP contribution in [0.5, 0.6) is 6.01 Å². The maximum absolute atomic E-state index is 13.1. The highest BCUT2D eigenvalue weighted by Crippen LogP contribution is 2.37. The number of hydrogen-bond acceptors (Lipinski definition) is 6. The summed E-state index contributed by atoms with van der Waals surface area (Å²) in [5, 5.41) is 3.74. The van der Waals surface area contributed by atoms with Crippen molar-refractivity contribution >= 4 is 6.03 Å². The number of methoxy groups -OCH3 is 1. The molecule has 0 N–H and O–H groups in total. The first-order valence-corrected chi connectivity index (χ1v) is 10.0. The van der Waals surface area contributed by atoms with Gasteiger partial charge in [-0.25, -0.2) is 4.79 Å². The lowest BCUT2D eigenvalue weighted by Gasteiger charge is -2.40. The van der Waals surface area contributed by atoms with E-state index in [2.05, 4.69) is 10.1 Å². The van der Waals surface area contributed by atoms with Crippen molar-refractivity contribution in [3.05, 3.63) is 41.3 Å². The van der Waals surface area contributed by atoms with E-state index in [4.69, 9.17) is 14.0 Å². The van der Waals surface area contributed by atoms with Gasteiger partial charge in [0.2, 0.25) is 5.89 Å². The standard InChI is InChI=1S/C20H23F3N4O4/c1-29-18-24-17(31-25-18)15-10-14(13-2-4-16(5-3-13)20(21,22)23)11-27(12-15)19(28)26-6-8-30-9-7-26/h2-5,14-15H,6-12H2,1H3. The third-order valence-corrected chi connectivity index (χ3v) is 5.67. The zero-order chi connectivity index (χ0) is 22.0. The first-order valence-electron chi connectivity index (χ1n) is 10.0. The van der Waals surface area contributed by atoms with Crippen molar-refractivity contribution in [3.8, 4) is 6.01 Å². The Balaban J connectivity index is 1.58. The molecule has 31 heavy (non-hydrogen) atoms. The molecule has 2 atom stereocenters. The number of rotatable bonds is 3. The smallest absolute Gasteiger partial charge is 0.416 e. The predicted octanol–water partition coefficient (Wildman–Crippen LogP) is 3.12. The van der Waals surface area contributed by atoms with E-state index in [0.29, 0.717) is 51.7 Å². The van der Waals surface area contributed by atoms with Gasteiger partial charge in [-0.2, -0.15) is 18.2 Å². The molecule has 2 amide bonds. The van der Waals surface area contributed by atoms with Crippen molar-refractivity contribution in [2.75, 3.05) is 46.5 Å². The number of halogens is 3. The topological polar surface area (TPSA) is 80.9 Å². The molecule has 2 saturated heterocycles. The molecule has 8 nitrogen and oxygen atoms in total. The maximum atomic E-state index is 13.1. The Morgan fingerprint density at radius 3 is 2.39 bits per heavy atom. The Bertz CT molecular complexity index is 897. The van der Waals surface area contributed by atoms with Crippen LogP contribution in [0, 0.1) is 0 Å². The molecular weight excluding hydrogens is 417 g/mol. The summed E-state index contributed by atoms with van der Waals surface area (Å²) < 4.78 is 54.5. The lowest BCUT2D eigenvalue weighted by atomic mass is 9.84. The van der Waals surface area contributed by atoms with E-state index >= 15 is 0 Å². The van der Waals surface area contributed by atoms with Crippen molar-refractivity contribution in [2.24, 2.45) is 0 Å². The number of hydrogen-bond donors (Lipinski definition) is 0. The summed E-state index contributed by atoms with van der Waals surface area (Å²) in [5.41, 5.74) is 0.0236. The second-order valence-electron chi connectivity index (χ2n) is 7.66. The van der Waals surface area contributed by atoms with E-state index in [-0.39, 0.29) is 23.9 Å². The highest BCUT2D eigenvalue weighted by Gasteiger charge is 2.37. The van der Waals surface area contributed by atoms with Crippen LogP contribution < -0.4 is 4.74 Å². The average Bonchev–Trinajstić information content (AvgIpc) is 3.28. The molecule has 4 rings (SSSR count). The molecule has 2 aromatic rings. The number of nitrogens with zero attached hydrogens (tertiary/aromatic N) is 4. The first kappa shape index (κ1) is 21.4. The summed E-state index contributed by atoms with van der Waals surface area (Å²) >= 11 is 0. The summed E-state index contributed by atoms with van der Waals surface area (Å²) in [7, 11) is 1.43. The van der Waals surface area contributed by atoms with E-state index in [9.17, 15) is 18.0 Å². The molecule has 0 saturated carbocycles. The zero-order valence-corrected chi connectivity index (χ0v) is 17.0. The fourth-order valence-corrected chi connectivity index (χ4v) is 4.04. The van der Waals surface area contributed by atoms with Crippen LogP contribution >= 0.6 is 0 Å². The molecule has 2 fully saturated rings. The minimum atomic E-state index is -4.40. The third kappa shape index (κ3) is 4.76. The lowest BCUT2D eigenvalue weighted by Crippen LogP contribution is -2.52. The van der Waals surface area contributed by atoms with Gasteiger partial charge in [0.15, 0.2) is 0 Å². The molecular formula is C20H23F3N4O4. The summed E-state index contributed by atoms with van der Waals surface area (Å²) in [6, 6.07) is 5.06. The predicted molar refractivity (Wildman–Crippen MR) is 102 cm³/mol. The summed E-state index contributed by atoms with van der Waals surface area (Å²) in [5.74, 6) is -0.0976. The minimum Gasteiger partial charge on any atom is -0.465 e. The van der Waals surface area contributed by atoms with E-state index < -0.39 is 11.7 Å². The highest BCUT2D eigenvalue weighted by molar-refractivity contribution is 5.75. The number of urea groups is 1. The van der Waals surface area contributed by atoms with Crippen molar-refractivity contribution in [1.82, 2.24) is 19.9 Å². The van der Waals surface area contributed by atoms with Gasteiger partial charge in [0.1, 0.15) is 0 Å². The number of piperidine rings is 1. The van der Waals surface area contributed by atoms with Crippen molar-refractivity contribution in [1.29, 1.82) is 0 Å². The van der Waals surface area contributed by atoms with Crippen molar-refractivity contribution in [3.63, 3.8) is 0 Å². The molecule has 1 aromatic heterocycles. The molecule has 0 bridgehead atoms. The molecule has 2 aliphatic rings. The Morgan fingerprint density at radius 2 is 1.77 bits per heavy atom. The van der Waals surface area contributed by atoms with Crippen LogP contribution in [-0.2, 0) is 10.9 Å². The second-order valence-corrected chi connectivity index (χ2v) is 7.66. The van der Waals surface area contributed by atoms with Crippen LogP contribution in [0.2, 0.25) is 0 Å². The number of likely N-dealkylation sites (tertiary alicyclic amines) is 1. The van der Waals surface area contributed by atoms with Crippen molar-refractivity contribution < 1.29 is 32.0 Å². The van der Waals surface area contributed by atoms with Crippen LogP contribution in [0.3, 0.4) is 0 Å². The van der Waals surface area contributed by atoms with Gasteiger partial charge in [0.05, 0.1) is 31.8 Å². The Hall–Kier alpha value is -2.82. The molecule has 0 radical (unpaired) electrons. The van der Waals surface area contributed by atoms with Crippen LogP contribution in [0.1, 0.15) is 35.3 Å². The largest absolute Gasteiger partial charge is 0.465 e. The third-order valence-electron chi connectivity index (χ3n) is 5.67. The highest BCUT2D eigenvalue weighted by atomic mass is 19.4. The van der Waals surface area contributed by atoms with Gasteiger partial charge in [-0.1, -0.05) is 12.1 Å². The fraction of sp³-hybridized carbons (Fsp3) is 0.550. The van der Waals surface area contributed by atoms with E-state index in [1.54, 1.807) is 9.80 Å². The lowest BCUT2D eigenvalue weighted by molar-refractivity contribution is -0.137. The molecule has 1 aromatic carbocycles. The second kappa shape index (κ2) is 8.74. The van der Waals surface area contributed by atoms with Gasteiger partial charge in [0, 0.05) is 32.1 Å². The molecule has 3 heterocycles. The normalized spacial score (nSPS) is 22.5. The van der Waals surface area contributed by atoms with Crippen LogP contribution in [0.15, 0.2) is 28.8 Å². The first-order chi connectivity index (χ1) is 14.8. The molecule has 2 aliphatic heterocycles. The van der Waals surface area contributed by atoms with Gasteiger partial charge < -0.3 is 23.8 Å². The number of amides is 2. The minimum absolute atomic E-state index is 0.0951. The molecule has 0 spiro atoms. The number of morpholine rings is 1. The number of aromatic nitrogens is 2. The number of ether oxygens (including phenoxy) is 2. The molecule has 11 heteroatoms. The Labute approximate surface area is 176 Å². The maximum Gasteiger partial charge on any atom is 0.416 e. The summed E-state index contributed by atoms with van der Waals surface area (Å²) in [6.45, 7) is 2.72. The number of carbonyl (C=O) groups excluding carboxylic acids is 1.